The van der Waals surface area contributed by atoms with E-state index >= 15 is 0 Å². The Morgan fingerprint density at radius 2 is 1.62 bits per heavy atom. The predicted octanol–water partition coefficient (Wildman–Crippen LogP) is 2.17. The molecule has 2 unspecified atom stereocenters. The number of nitrogens with zero attached hydrogens (tertiary/aromatic N) is 2. The lowest BCUT2D eigenvalue weighted by molar-refractivity contribution is -0.111. The zero-order chi connectivity index (χ0) is 14.6. The second kappa shape index (κ2) is 5.21. The molecule has 1 aliphatic heterocycles. The van der Waals surface area contributed by atoms with Crippen molar-refractivity contribution >= 4 is 0 Å². The van der Waals surface area contributed by atoms with Crippen molar-refractivity contribution in [3.05, 3.63) is 0 Å². The number of likely N-dealkylation sites (N-methyl/N-ethyl adjacent to an activating group) is 1. The quantitative estimate of drug-likeness (QED) is 0.865. The van der Waals surface area contributed by atoms with Crippen LogP contribution in [0, 0.1) is 23.2 Å². The topological polar surface area (TPSA) is 32.5 Å². The summed E-state index contributed by atoms with van der Waals surface area (Å²) < 4.78 is 0. The van der Waals surface area contributed by atoms with Crippen LogP contribution >= 0.6 is 0 Å². The minimum atomic E-state index is 0.576. The lowest BCUT2D eigenvalue weighted by atomic mass is 9.47. The molecule has 4 aliphatic carbocycles. The third kappa shape index (κ3) is 2.36. The van der Waals surface area contributed by atoms with E-state index in [1.807, 2.05) is 0 Å². The van der Waals surface area contributed by atoms with Crippen molar-refractivity contribution in [2.75, 3.05) is 33.2 Å². The van der Waals surface area contributed by atoms with Gasteiger partial charge in [0.25, 0.3) is 0 Å². The van der Waals surface area contributed by atoms with E-state index in [9.17, 15) is 0 Å². The van der Waals surface area contributed by atoms with E-state index in [1.54, 1.807) is 19.3 Å². The highest BCUT2D eigenvalue weighted by molar-refractivity contribution is 5.06. The van der Waals surface area contributed by atoms with Gasteiger partial charge in [0.1, 0.15) is 0 Å². The zero-order valence-corrected chi connectivity index (χ0v) is 13.9. The lowest BCUT2D eigenvalue weighted by Crippen LogP contribution is -2.63. The second-order valence-electron chi connectivity index (χ2n) is 8.85. The molecule has 0 aromatic rings. The largest absolute Gasteiger partial charge is 0.329 e. The van der Waals surface area contributed by atoms with Gasteiger partial charge in [-0.25, -0.2) is 0 Å². The maximum atomic E-state index is 6.12. The van der Waals surface area contributed by atoms with Crippen molar-refractivity contribution in [1.82, 2.24) is 9.80 Å². The summed E-state index contributed by atoms with van der Waals surface area (Å²) in [7, 11) is 2.25. The van der Waals surface area contributed by atoms with E-state index in [2.05, 4.69) is 23.8 Å². The van der Waals surface area contributed by atoms with Crippen LogP contribution in [0.25, 0.3) is 0 Å². The molecule has 5 fully saturated rings. The molecule has 120 valence electrons. The first-order valence-corrected chi connectivity index (χ1v) is 9.24. The zero-order valence-electron chi connectivity index (χ0n) is 13.9. The molecule has 5 aliphatic rings. The Morgan fingerprint density at radius 1 is 1.05 bits per heavy atom. The Balaban J connectivity index is 1.55. The maximum absolute atomic E-state index is 6.12. The summed E-state index contributed by atoms with van der Waals surface area (Å²) in [4.78, 5) is 5.26. The highest BCUT2D eigenvalue weighted by Gasteiger charge is 2.54. The van der Waals surface area contributed by atoms with Gasteiger partial charge in [0, 0.05) is 38.3 Å². The first-order valence-electron chi connectivity index (χ1n) is 9.24. The minimum absolute atomic E-state index is 0.576. The van der Waals surface area contributed by atoms with Crippen LogP contribution in [-0.4, -0.2) is 55.1 Å². The third-order valence-corrected chi connectivity index (χ3v) is 7.47. The molecule has 0 aromatic heterocycles. The molecule has 1 heterocycles. The number of hydrogen-bond donors (Lipinski definition) is 1. The molecule has 5 rings (SSSR count). The van der Waals surface area contributed by atoms with Gasteiger partial charge in [0.2, 0.25) is 0 Å². The monoisotopic (exact) mass is 291 g/mol. The summed E-state index contributed by atoms with van der Waals surface area (Å²) in [6, 6.07) is 1.32. The van der Waals surface area contributed by atoms with Gasteiger partial charge in [-0.05, 0) is 75.7 Å². The Labute approximate surface area is 130 Å². The van der Waals surface area contributed by atoms with E-state index in [-0.39, 0.29) is 0 Å². The molecule has 4 bridgehead atoms. The molecule has 0 amide bonds. The van der Waals surface area contributed by atoms with Crippen molar-refractivity contribution in [3.63, 3.8) is 0 Å². The molecule has 2 N–H and O–H groups in total. The Bertz CT molecular complexity index is 359. The molecule has 0 radical (unpaired) electrons. The van der Waals surface area contributed by atoms with Crippen LogP contribution in [0.1, 0.15) is 45.4 Å². The van der Waals surface area contributed by atoms with Crippen LogP contribution in [0.15, 0.2) is 0 Å². The number of hydrogen-bond acceptors (Lipinski definition) is 3. The van der Waals surface area contributed by atoms with Gasteiger partial charge < -0.3 is 10.6 Å². The van der Waals surface area contributed by atoms with Crippen LogP contribution < -0.4 is 5.73 Å². The van der Waals surface area contributed by atoms with Gasteiger partial charge in [-0.3, -0.25) is 4.90 Å². The normalized spacial score (nSPS) is 48.7. The summed E-state index contributed by atoms with van der Waals surface area (Å²) in [5, 5.41) is 0. The molecule has 1 saturated heterocycles. The fourth-order valence-corrected chi connectivity index (χ4v) is 6.79. The summed E-state index contributed by atoms with van der Waals surface area (Å²) in [6.45, 7) is 6.96. The van der Waals surface area contributed by atoms with Gasteiger partial charge in [0.05, 0.1) is 0 Å². The number of piperazine rings is 1. The lowest BCUT2D eigenvalue weighted by Gasteiger charge is -2.61. The van der Waals surface area contributed by atoms with E-state index in [4.69, 9.17) is 5.73 Å². The van der Waals surface area contributed by atoms with Crippen molar-refractivity contribution in [1.29, 1.82) is 0 Å². The van der Waals surface area contributed by atoms with Crippen LogP contribution in [0.5, 0.6) is 0 Å². The van der Waals surface area contributed by atoms with Crippen molar-refractivity contribution in [2.45, 2.75) is 57.5 Å². The van der Waals surface area contributed by atoms with Gasteiger partial charge >= 0.3 is 0 Å². The average Bonchev–Trinajstić information content (AvgIpc) is 2.45. The van der Waals surface area contributed by atoms with E-state index < -0.39 is 0 Å². The molecule has 3 heteroatoms. The predicted molar refractivity (Wildman–Crippen MR) is 87.1 cm³/mol. The molecule has 0 spiro atoms. The molecule has 0 aromatic carbocycles. The van der Waals surface area contributed by atoms with Gasteiger partial charge in [0.15, 0.2) is 0 Å². The smallest absolute Gasteiger partial charge is 0.0349 e. The first kappa shape index (κ1) is 14.5. The summed E-state index contributed by atoms with van der Waals surface area (Å²) in [5.41, 5.74) is 6.75. The van der Waals surface area contributed by atoms with E-state index in [1.165, 1.54) is 32.4 Å². The standard InChI is InChI=1S/C18H33N3/c1-13(21-4-3-20(2)12-17(21)11-19)18-8-14-5-15(9-18)7-16(6-14)10-18/h13-17H,3-12,19H2,1-2H3. The summed E-state index contributed by atoms with van der Waals surface area (Å²) in [6.07, 6.45) is 9.20. The SMILES string of the molecule is CC(N1CCN(C)CC1CN)C12CC3CC(CC(C3)C1)C2. The highest BCUT2D eigenvalue weighted by Crippen LogP contribution is 2.62. The highest BCUT2D eigenvalue weighted by atomic mass is 15.3. The van der Waals surface area contributed by atoms with Crippen molar-refractivity contribution in [3.8, 4) is 0 Å². The van der Waals surface area contributed by atoms with Gasteiger partial charge in [-0.2, -0.15) is 0 Å². The molecule has 2 atom stereocenters. The fourth-order valence-electron chi connectivity index (χ4n) is 6.79. The van der Waals surface area contributed by atoms with Gasteiger partial charge in [-0.1, -0.05) is 0 Å². The minimum Gasteiger partial charge on any atom is -0.329 e. The fraction of sp³-hybridized carbons (Fsp3) is 1.00. The Kier molecular flexibility index (Phi) is 3.59. The van der Waals surface area contributed by atoms with Crippen LogP contribution in [0.3, 0.4) is 0 Å². The third-order valence-electron chi connectivity index (χ3n) is 7.47. The van der Waals surface area contributed by atoms with E-state index in [0.29, 0.717) is 11.5 Å². The average molecular weight is 291 g/mol. The molecule has 4 saturated carbocycles. The number of rotatable bonds is 3. The molecular formula is C18H33N3. The molecular weight excluding hydrogens is 258 g/mol. The number of nitrogens with two attached hydrogens (primary N) is 1. The summed E-state index contributed by atoms with van der Waals surface area (Å²) >= 11 is 0. The van der Waals surface area contributed by atoms with Crippen molar-refractivity contribution in [2.24, 2.45) is 28.9 Å². The maximum Gasteiger partial charge on any atom is 0.0349 e. The Hall–Kier alpha value is -0.120. The molecule has 3 nitrogen and oxygen atoms in total. The first-order chi connectivity index (χ1) is 10.1. The van der Waals surface area contributed by atoms with Crippen LogP contribution in [0.4, 0.5) is 0 Å². The Morgan fingerprint density at radius 3 is 2.14 bits per heavy atom. The van der Waals surface area contributed by atoms with Crippen LogP contribution in [0.2, 0.25) is 0 Å². The summed E-state index contributed by atoms with van der Waals surface area (Å²) in [5.74, 6) is 3.17. The van der Waals surface area contributed by atoms with Gasteiger partial charge in [-0.15, -0.1) is 0 Å². The molecule has 21 heavy (non-hydrogen) atoms. The van der Waals surface area contributed by atoms with E-state index in [0.717, 1.165) is 36.9 Å². The van der Waals surface area contributed by atoms with Crippen LogP contribution in [-0.2, 0) is 0 Å². The van der Waals surface area contributed by atoms with Crippen molar-refractivity contribution < 1.29 is 0 Å². The second-order valence-corrected chi connectivity index (χ2v) is 8.85.